The second-order valence-electron chi connectivity index (χ2n) is 5.87. The largest absolute Gasteiger partial charge is 0.375 e. The van der Waals surface area contributed by atoms with Gasteiger partial charge in [0.2, 0.25) is 0 Å². The second kappa shape index (κ2) is 5.86. The molecule has 0 unspecified atom stereocenters. The fraction of sp³-hybridized carbons (Fsp3) is 1.00. The Morgan fingerprint density at radius 1 is 1.13 bits per heavy atom. The van der Waals surface area contributed by atoms with Gasteiger partial charge in [-0.25, -0.2) is 0 Å². The van der Waals surface area contributed by atoms with Gasteiger partial charge in [-0.1, -0.05) is 6.92 Å². The maximum atomic E-state index is 5.68. The molecule has 0 radical (unpaired) electrons. The van der Waals surface area contributed by atoms with Gasteiger partial charge in [0.25, 0.3) is 0 Å². The van der Waals surface area contributed by atoms with Crippen LogP contribution in [0.1, 0.15) is 53.4 Å². The van der Waals surface area contributed by atoms with Crippen LogP contribution < -0.4 is 5.32 Å². The quantitative estimate of drug-likeness (QED) is 0.725. The van der Waals surface area contributed by atoms with E-state index in [1.54, 1.807) is 0 Å². The predicted molar refractivity (Wildman–Crippen MR) is 65.1 cm³/mol. The Hall–Kier alpha value is -0.0800. The highest BCUT2D eigenvalue weighted by Crippen LogP contribution is 2.23. The Bertz CT molecular complexity index is 166. The molecule has 1 saturated carbocycles. The molecule has 90 valence electrons. The molecule has 0 saturated heterocycles. The van der Waals surface area contributed by atoms with E-state index in [0.29, 0.717) is 0 Å². The van der Waals surface area contributed by atoms with Gasteiger partial charge in [0.15, 0.2) is 0 Å². The lowest BCUT2D eigenvalue weighted by Crippen LogP contribution is -2.36. The van der Waals surface area contributed by atoms with Crippen molar-refractivity contribution >= 4 is 0 Å². The molecule has 0 amide bonds. The first-order valence-corrected chi connectivity index (χ1v) is 6.35. The van der Waals surface area contributed by atoms with Crippen molar-refractivity contribution in [1.82, 2.24) is 5.32 Å². The lowest BCUT2D eigenvalue weighted by molar-refractivity contribution is -0.00207. The van der Waals surface area contributed by atoms with Gasteiger partial charge < -0.3 is 10.1 Å². The van der Waals surface area contributed by atoms with Crippen LogP contribution in [-0.2, 0) is 4.74 Å². The monoisotopic (exact) mass is 213 g/mol. The average molecular weight is 213 g/mol. The van der Waals surface area contributed by atoms with Crippen LogP contribution in [0, 0.1) is 5.92 Å². The zero-order valence-electron chi connectivity index (χ0n) is 10.8. The van der Waals surface area contributed by atoms with E-state index >= 15 is 0 Å². The molecule has 2 nitrogen and oxygen atoms in total. The lowest BCUT2D eigenvalue weighted by atomic mass is 9.87. The molecular formula is C13H27NO. The van der Waals surface area contributed by atoms with E-state index in [1.165, 1.54) is 25.7 Å². The summed E-state index contributed by atoms with van der Waals surface area (Å²) in [5.74, 6) is 0.939. The van der Waals surface area contributed by atoms with Crippen molar-refractivity contribution in [3.8, 4) is 0 Å². The first kappa shape index (κ1) is 13.0. The van der Waals surface area contributed by atoms with Gasteiger partial charge in [0.05, 0.1) is 12.2 Å². The molecule has 1 aliphatic carbocycles. The van der Waals surface area contributed by atoms with Gasteiger partial charge in [-0.05, 0) is 52.4 Å². The highest BCUT2D eigenvalue weighted by atomic mass is 16.5. The summed E-state index contributed by atoms with van der Waals surface area (Å²) in [5, 5.41) is 3.59. The minimum atomic E-state index is 0.00274. The van der Waals surface area contributed by atoms with Gasteiger partial charge in [0, 0.05) is 12.6 Å². The van der Waals surface area contributed by atoms with Crippen molar-refractivity contribution in [3.05, 3.63) is 0 Å². The molecule has 0 atom stereocenters. The molecule has 0 aromatic rings. The molecule has 0 aliphatic heterocycles. The van der Waals surface area contributed by atoms with Crippen molar-refractivity contribution in [2.24, 2.45) is 5.92 Å². The molecule has 1 fully saturated rings. The first-order valence-electron chi connectivity index (χ1n) is 6.35. The van der Waals surface area contributed by atoms with E-state index in [2.05, 4.69) is 33.0 Å². The zero-order chi connectivity index (χ0) is 11.3. The predicted octanol–water partition coefficient (Wildman–Crippen LogP) is 2.97. The minimum Gasteiger partial charge on any atom is -0.375 e. The average Bonchev–Trinajstić information content (AvgIpc) is 2.14. The maximum Gasteiger partial charge on any atom is 0.0599 e. The normalized spacial score (nSPS) is 28.0. The van der Waals surface area contributed by atoms with Gasteiger partial charge >= 0.3 is 0 Å². The van der Waals surface area contributed by atoms with E-state index in [9.17, 15) is 0 Å². The van der Waals surface area contributed by atoms with Crippen molar-refractivity contribution in [2.75, 3.05) is 13.2 Å². The van der Waals surface area contributed by atoms with Crippen LogP contribution in [0.2, 0.25) is 0 Å². The van der Waals surface area contributed by atoms with E-state index in [4.69, 9.17) is 4.74 Å². The summed E-state index contributed by atoms with van der Waals surface area (Å²) in [6, 6.07) is 0.741. The molecule has 1 N–H and O–H groups in total. The zero-order valence-corrected chi connectivity index (χ0v) is 10.8. The SMILES string of the molecule is CC1CCC(NCCOC(C)(C)C)CC1. The molecule has 1 rings (SSSR count). The summed E-state index contributed by atoms with van der Waals surface area (Å²) in [6.07, 6.45) is 5.46. The van der Waals surface area contributed by atoms with Crippen LogP contribution in [0.15, 0.2) is 0 Å². The molecule has 1 aliphatic rings. The number of hydrogen-bond donors (Lipinski definition) is 1. The molecule has 0 aromatic heterocycles. The van der Waals surface area contributed by atoms with Crippen LogP contribution in [0.5, 0.6) is 0 Å². The lowest BCUT2D eigenvalue weighted by Gasteiger charge is -2.27. The van der Waals surface area contributed by atoms with E-state index in [0.717, 1.165) is 25.1 Å². The highest BCUT2D eigenvalue weighted by molar-refractivity contribution is 4.75. The summed E-state index contributed by atoms with van der Waals surface area (Å²) in [7, 11) is 0. The first-order chi connectivity index (χ1) is 6.97. The summed E-state index contributed by atoms with van der Waals surface area (Å²) >= 11 is 0. The van der Waals surface area contributed by atoms with Crippen LogP contribution in [-0.4, -0.2) is 24.8 Å². The fourth-order valence-electron chi connectivity index (χ4n) is 2.08. The number of ether oxygens (including phenoxy) is 1. The van der Waals surface area contributed by atoms with Crippen LogP contribution in [0.25, 0.3) is 0 Å². The van der Waals surface area contributed by atoms with E-state index in [1.807, 2.05) is 0 Å². The molecule has 0 spiro atoms. The number of rotatable bonds is 4. The molecule has 0 heterocycles. The molecular weight excluding hydrogens is 186 g/mol. The van der Waals surface area contributed by atoms with E-state index in [-0.39, 0.29) is 5.60 Å². The molecule has 2 heteroatoms. The van der Waals surface area contributed by atoms with Crippen LogP contribution >= 0.6 is 0 Å². The Morgan fingerprint density at radius 3 is 2.27 bits per heavy atom. The third-order valence-corrected chi connectivity index (χ3v) is 3.09. The van der Waals surface area contributed by atoms with Gasteiger partial charge in [-0.15, -0.1) is 0 Å². The molecule has 15 heavy (non-hydrogen) atoms. The van der Waals surface area contributed by atoms with Crippen molar-refractivity contribution < 1.29 is 4.74 Å². The minimum absolute atomic E-state index is 0.00274. The Kier molecular flexibility index (Phi) is 5.07. The molecule has 0 bridgehead atoms. The maximum absolute atomic E-state index is 5.68. The Labute approximate surface area is 94.8 Å². The van der Waals surface area contributed by atoms with Crippen molar-refractivity contribution in [1.29, 1.82) is 0 Å². The second-order valence-corrected chi connectivity index (χ2v) is 5.87. The standard InChI is InChI=1S/C13H27NO/c1-11-5-7-12(8-6-11)14-9-10-15-13(2,3)4/h11-12,14H,5-10H2,1-4H3. The topological polar surface area (TPSA) is 21.3 Å². The smallest absolute Gasteiger partial charge is 0.0599 e. The van der Waals surface area contributed by atoms with Crippen LogP contribution in [0.4, 0.5) is 0 Å². The van der Waals surface area contributed by atoms with Crippen molar-refractivity contribution in [3.63, 3.8) is 0 Å². The number of hydrogen-bond acceptors (Lipinski definition) is 2. The van der Waals surface area contributed by atoms with Crippen molar-refractivity contribution in [2.45, 2.75) is 65.0 Å². The summed E-state index contributed by atoms with van der Waals surface area (Å²) in [6.45, 7) is 10.5. The summed E-state index contributed by atoms with van der Waals surface area (Å²) in [5.41, 5.74) is 0.00274. The third kappa shape index (κ3) is 6.16. The summed E-state index contributed by atoms with van der Waals surface area (Å²) < 4.78 is 5.68. The van der Waals surface area contributed by atoms with Gasteiger partial charge in [-0.2, -0.15) is 0 Å². The number of nitrogens with one attached hydrogen (secondary N) is 1. The Balaban J connectivity index is 2.01. The van der Waals surface area contributed by atoms with Gasteiger partial charge in [-0.3, -0.25) is 0 Å². The Morgan fingerprint density at radius 2 is 1.73 bits per heavy atom. The van der Waals surface area contributed by atoms with Crippen LogP contribution in [0.3, 0.4) is 0 Å². The highest BCUT2D eigenvalue weighted by Gasteiger charge is 2.17. The fourth-order valence-corrected chi connectivity index (χ4v) is 2.08. The molecule has 0 aromatic carbocycles. The third-order valence-electron chi connectivity index (χ3n) is 3.09. The van der Waals surface area contributed by atoms with E-state index < -0.39 is 0 Å². The summed E-state index contributed by atoms with van der Waals surface area (Å²) in [4.78, 5) is 0. The van der Waals surface area contributed by atoms with Gasteiger partial charge in [0.1, 0.15) is 0 Å².